The third-order valence-corrected chi connectivity index (χ3v) is 4.32. The van der Waals surface area contributed by atoms with Crippen LogP contribution in [0.5, 0.6) is 0 Å². The Morgan fingerprint density at radius 3 is 2.52 bits per heavy atom. The zero-order valence-corrected chi connectivity index (χ0v) is 13.8. The topological polar surface area (TPSA) is 113 Å². The van der Waals surface area contributed by atoms with Crippen LogP contribution in [0.15, 0.2) is 36.4 Å². The molecule has 1 aromatic carbocycles. The van der Waals surface area contributed by atoms with Gasteiger partial charge in [0.15, 0.2) is 0 Å². The standard InChI is InChI=1S/C15H20N2O5S/c1-3-5-9-13(15(19)20)16-14(18)11-8-6-7-10-12(11)17-23(21,22)4-2/h3,5-8,10,13,17H,4,9H2,1-2H3,(H,16,18)(H,19,20)/b5-3+. The van der Waals surface area contributed by atoms with Gasteiger partial charge >= 0.3 is 5.97 Å². The van der Waals surface area contributed by atoms with Gasteiger partial charge in [0.25, 0.3) is 5.91 Å². The quantitative estimate of drug-likeness (QED) is 0.622. The molecule has 0 aliphatic rings. The summed E-state index contributed by atoms with van der Waals surface area (Å²) in [6, 6.07) is 4.94. The lowest BCUT2D eigenvalue weighted by atomic mass is 10.1. The zero-order chi connectivity index (χ0) is 17.5. The van der Waals surface area contributed by atoms with Gasteiger partial charge in [-0.25, -0.2) is 13.2 Å². The molecule has 7 nitrogen and oxygen atoms in total. The highest BCUT2D eigenvalue weighted by Crippen LogP contribution is 2.17. The second kappa shape index (κ2) is 8.33. The molecule has 0 saturated heterocycles. The highest BCUT2D eigenvalue weighted by atomic mass is 32.2. The molecule has 0 aliphatic heterocycles. The Kier molecular flexibility index (Phi) is 6.77. The van der Waals surface area contributed by atoms with Gasteiger partial charge in [0.2, 0.25) is 10.0 Å². The van der Waals surface area contributed by atoms with E-state index in [4.69, 9.17) is 5.11 Å². The van der Waals surface area contributed by atoms with E-state index in [1.54, 1.807) is 31.2 Å². The van der Waals surface area contributed by atoms with Crippen molar-refractivity contribution >= 4 is 27.6 Å². The Morgan fingerprint density at radius 1 is 1.30 bits per heavy atom. The molecule has 3 N–H and O–H groups in total. The number of rotatable bonds is 8. The second-order valence-electron chi connectivity index (χ2n) is 4.72. The summed E-state index contributed by atoms with van der Waals surface area (Å²) in [4.78, 5) is 23.5. The van der Waals surface area contributed by atoms with Crippen molar-refractivity contribution in [2.24, 2.45) is 0 Å². The number of hydrogen-bond acceptors (Lipinski definition) is 4. The maximum absolute atomic E-state index is 12.3. The smallest absolute Gasteiger partial charge is 0.326 e. The van der Waals surface area contributed by atoms with Crippen LogP contribution in [-0.2, 0) is 14.8 Å². The molecule has 23 heavy (non-hydrogen) atoms. The predicted molar refractivity (Wildman–Crippen MR) is 87.8 cm³/mol. The molecular weight excluding hydrogens is 320 g/mol. The van der Waals surface area contributed by atoms with Gasteiger partial charge < -0.3 is 10.4 Å². The molecule has 1 rings (SSSR count). The van der Waals surface area contributed by atoms with Crippen LogP contribution in [0.25, 0.3) is 0 Å². The first-order valence-corrected chi connectivity index (χ1v) is 8.70. The van der Waals surface area contributed by atoms with E-state index in [1.165, 1.54) is 19.1 Å². The van der Waals surface area contributed by atoms with Gasteiger partial charge in [0.1, 0.15) is 6.04 Å². The first kappa shape index (κ1) is 18.7. The van der Waals surface area contributed by atoms with Crippen molar-refractivity contribution in [3.05, 3.63) is 42.0 Å². The second-order valence-corrected chi connectivity index (χ2v) is 6.73. The Morgan fingerprint density at radius 2 is 1.96 bits per heavy atom. The molecule has 0 heterocycles. The van der Waals surface area contributed by atoms with E-state index in [0.717, 1.165) is 0 Å². The first-order valence-electron chi connectivity index (χ1n) is 7.05. The van der Waals surface area contributed by atoms with E-state index in [1.807, 2.05) is 0 Å². The van der Waals surface area contributed by atoms with Gasteiger partial charge in [-0.3, -0.25) is 9.52 Å². The Hall–Kier alpha value is -2.35. The Balaban J connectivity index is 3.01. The average Bonchev–Trinajstić information content (AvgIpc) is 2.51. The van der Waals surface area contributed by atoms with E-state index in [9.17, 15) is 18.0 Å². The molecule has 1 aromatic rings. The van der Waals surface area contributed by atoms with Crippen LogP contribution < -0.4 is 10.0 Å². The number of sulfonamides is 1. The van der Waals surface area contributed by atoms with Gasteiger partial charge in [0, 0.05) is 0 Å². The number of aliphatic carboxylic acids is 1. The summed E-state index contributed by atoms with van der Waals surface area (Å²) < 4.78 is 25.7. The fourth-order valence-corrected chi connectivity index (χ4v) is 2.40. The molecular formula is C15H20N2O5S. The van der Waals surface area contributed by atoms with Crippen LogP contribution in [0.1, 0.15) is 30.6 Å². The van der Waals surface area contributed by atoms with Crippen molar-refractivity contribution in [3.8, 4) is 0 Å². The average molecular weight is 340 g/mol. The minimum absolute atomic E-state index is 0.0660. The van der Waals surface area contributed by atoms with Crippen LogP contribution >= 0.6 is 0 Å². The fourth-order valence-electron chi connectivity index (χ4n) is 1.74. The van der Waals surface area contributed by atoms with E-state index >= 15 is 0 Å². The molecule has 0 radical (unpaired) electrons. The monoisotopic (exact) mass is 340 g/mol. The number of hydrogen-bond donors (Lipinski definition) is 3. The maximum Gasteiger partial charge on any atom is 0.326 e. The van der Waals surface area contributed by atoms with E-state index in [2.05, 4.69) is 10.0 Å². The predicted octanol–water partition coefficient (Wildman–Crippen LogP) is 1.60. The number of allylic oxidation sites excluding steroid dienone is 1. The number of para-hydroxylation sites is 1. The van der Waals surface area contributed by atoms with Crippen molar-refractivity contribution in [3.63, 3.8) is 0 Å². The van der Waals surface area contributed by atoms with Crippen LogP contribution in [0.4, 0.5) is 5.69 Å². The molecule has 1 atom stereocenters. The van der Waals surface area contributed by atoms with Gasteiger partial charge in [-0.1, -0.05) is 24.3 Å². The van der Waals surface area contributed by atoms with Crippen LogP contribution in [0.3, 0.4) is 0 Å². The van der Waals surface area contributed by atoms with Crippen molar-refractivity contribution in [2.75, 3.05) is 10.5 Å². The Labute approximate surface area is 135 Å². The minimum atomic E-state index is -3.55. The van der Waals surface area contributed by atoms with Gasteiger partial charge in [-0.15, -0.1) is 0 Å². The summed E-state index contributed by atoms with van der Waals surface area (Å²) in [6.45, 7) is 3.22. The zero-order valence-electron chi connectivity index (χ0n) is 12.9. The number of carboxylic acid groups (broad SMARTS) is 1. The van der Waals surface area contributed by atoms with Crippen molar-refractivity contribution in [1.82, 2.24) is 5.32 Å². The highest BCUT2D eigenvalue weighted by Gasteiger charge is 2.21. The molecule has 126 valence electrons. The normalized spacial score (nSPS) is 12.8. The molecule has 1 amide bonds. The summed E-state index contributed by atoms with van der Waals surface area (Å²) in [7, 11) is -3.55. The van der Waals surface area contributed by atoms with E-state index < -0.39 is 27.9 Å². The number of anilines is 1. The molecule has 0 spiro atoms. The number of carboxylic acids is 1. The highest BCUT2D eigenvalue weighted by molar-refractivity contribution is 7.92. The summed E-state index contributed by atoms with van der Waals surface area (Å²) in [5.41, 5.74) is 0.179. The lowest BCUT2D eigenvalue weighted by Crippen LogP contribution is -2.40. The maximum atomic E-state index is 12.3. The van der Waals surface area contributed by atoms with Crippen molar-refractivity contribution < 1.29 is 23.1 Å². The van der Waals surface area contributed by atoms with Gasteiger partial charge in [0.05, 0.1) is 17.0 Å². The van der Waals surface area contributed by atoms with Gasteiger partial charge in [-0.2, -0.15) is 0 Å². The number of nitrogens with one attached hydrogen (secondary N) is 2. The van der Waals surface area contributed by atoms with Crippen LogP contribution in [0.2, 0.25) is 0 Å². The van der Waals surface area contributed by atoms with Crippen molar-refractivity contribution in [1.29, 1.82) is 0 Å². The summed E-state index contributed by atoms with van der Waals surface area (Å²) in [5, 5.41) is 11.5. The third kappa shape index (κ3) is 5.74. The van der Waals surface area contributed by atoms with Crippen LogP contribution in [-0.4, -0.2) is 37.2 Å². The fraction of sp³-hybridized carbons (Fsp3) is 0.333. The minimum Gasteiger partial charge on any atom is -0.480 e. The molecule has 0 saturated carbocycles. The number of carbonyl (C=O) groups excluding carboxylic acids is 1. The first-order chi connectivity index (χ1) is 10.8. The van der Waals surface area contributed by atoms with Crippen LogP contribution in [0, 0.1) is 0 Å². The third-order valence-electron chi connectivity index (χ3n) is 3.03. The summed E-state index contributed by atoms with van der Waals surface area (Å²) in [6.07, 6.45) is 3.45. The number of amides is 1. The van der Waals surface area contributed by atoms with E-state index in [0.29, 0.717) is 0 Å². The van der Waals surface area contributed by atoms with E-state index in [-0.39, 0.29) is 23.4 Å². The molecule has 0 aromatic heterocycles. The lowest BCUT2D eigenvalue weighted by molar-refractivity contribution is -0.139. The Bertz CT molecular complexity index is 698. The van der Waals surface area contributed by atoms with Crippen molar-refractivity contribution in [2.45, 2.75) is 26.3 Å². The molecule has 0 aliphatic carbocycles. The summed E-state index contributed by atoms with van der Waals surface area (Å²) >= 11 is 0. The SMILES string of the molecule is C/C=C/CC(NC(=O)c1ccccc1NS(=O)(=O)CC)C(=O)O. The molecule has 8 heteroatoms. The van der Waals surface area contributed by atoms with Gasteiger partial charge in [-0.05, 0) is 32.4 Å². The molecule has 0 bridgehead atoms. The number of benzene rings is 1. The molecule has 1 unspecified atom stereocenters. The largest absolute Gasteiger partial charge is 0.480 e. The lowest BCUT2D eigenvalue weighted by Gasteiger charge is -2.15. The number of carbonyl (C=O) groups is 2. The molecule has 0 fully saturated rings. The summed E-state index contributed by atoms with van der Waals surface area (Å²) in [5.74, 6) is -1.96.